The normalized spacial score (nSPS) is 20.2. The molecule has 0 amide bonds. The summed E-state index contributed by atoms with van der Waals surface area (Å²) in [6.07, 6.45) is 7.90. The van der Waals surface area contributed by atoms with E-state index in [4.69, 9.17) is 22.2 Å². The number of piperidine rings is 1. The van der Waals surface area contributed by atoms with Crippen molar-refractivity contribution < 1.29 is 4.39 Å². The van der Waals surface area contributed by atoms with Crippen LogP contribution in [0.3, 0.4) is 0 Å². The summed E-state index contributed by atoms with van der Waals surface area (Å²) in [6.45, 7) is 6.78. The highest BCUT2D eigenvalue weighted by molar-refractivity contribution is 7.80. The maximum absolute atomic E-state index is 13.6. The van der Waals surface area contributed by atoms with Gasteiger partial charge in [0.1, 0.15) is 17.5 Å². The fourth-order valence-electron chi connectivity index (χ4n) is 6.71. The number of aromatic nitrogens is 2. The van der Waals surface area contributed by atoms with Gasteiger partial charge in [-0.2, -0.15) is 9.97 Å². The predicted octanol–water partition coefficient (Wildman–Crippen LogP) is 6.21. The van der Waals surface area contributed by atoms with Crippen LogP contribution >= 0.6 is 12.2 Å². The number of fused-ring (bicyclic) bond motifs is 1. The molecule has 1 saturated heterocycles. The fraction of sp³-hybridized carbons (Fsp3) is 0.469. The monoisotopic (exact) mass is 558 g/mol. The Labute approximate surface area is 242 Å². The molecule has 0 radical (unpaired) electrons. The third-order valence-corrected chi connectivity index (χ3v) is 9.21. The van der Waals surface area contributed by atoms with Crippen molar-refractivity contribution in [3.63, 3.8) is 0 Å². The van der Waals surface area contributed by atoms with Gasteiger partial charge in [-0.1, -0.05) is 56.2 Å². The second-order valence-electron chi connectivity index (χ2n) is 11.8. The van der Waals surface area contributed by atoms with Crippen molar-refractivity contribution in [3.05, 3.63) is 77.1 Å². The summed E-state index contributed by atoms with van der Waals surface area (Å²) in [5, 5.41) is 7.30. The van der Waals surface area contributed by atoms with Gasteiger partial charge >= 0.3 is 0 Å². The molecule has 2 N–H and O–H groups in total. The molecule has 3 aliphatic rings. The maximum Gasteiger partial charge on any atom is 0.232 e. The Morgan fingerprint density at radius 2 is 1.70 bits per heavy atom. The highest BCUT2D eigenvalue weighted by Crippen LogP contribution is 2.40. The molecule has 1 saturated carbocycles. The second kappa shape index (κ2) is 11.7. The standard InChI is InChI=1S/C32H39FN6S/c1-23-7-6-17-38(20-23)28-19-29(39-18-14-24-8-2-3-9-25(24)21-39)36-30(35-28)37-31(40)34-22-32(15-4-5-16-32)26-10-12-27(33)13-11-26/h2-3,8-13,19,23H,4-7,14-18,20-22H2,1H3,(H2,34,35,36,37,40)/t23-/m1/s1. The first kappa shape index (κ1) is 26.9. The maximum atomic E-state index is 13.6. The van der Waals surface area contributed by atoms with E-state index in [0.29, 0.717) is 23.5 Å². The molecule has 1 aromatic heterocycles. The molecular formula is C32H39FN6S. The largest absolute Gasteiger partial charge is 0.361 e. The molecule has 3 heterocycles. The highest BCUT2D eigenvalue weighted by Gasteiger charge is 2.35. The number of rotatable bonds is 6. The second-order valence-corrected chi connectivity index (χ2v) is 12.3. The van der Waals surface area contributed by atoms with Crippen LogP contribution in [0.4, 0.5) is 22.0 Å². The van der Waals surface area contributed by atoms with Crippen LogP contribution in [0.5, 0.6) is 0 Å². The molecule has 0 bridgehead atoms. The third-order valence-electron chi connectivity index (χ3n) is 8.96. The molecule has 2 aromatic carbocycles. The zero-order valence-corrected chi connectivity index (χ0v) is 24.2. The van der Waals surface area contributed by atoms with E-state index in [-0.39, 0.29) is 11.2 Å². The first-order valence-electron chi connectivity index (χ1n) is 14.7. The van der Waals surface area contributed by atoms with Gasteiger partial charge in [0.2, 0.25) is 5.95 Å². The van der Waals surface area contributed by atoms with E-state index in [2.05, 4.69) is 57.7 Å². The van der Waals surface area contributed by atoms with Crippen molar-refractivity contribution in [2.24, 2.45) is 5.92 Å². The predicted molar refractivity (Wildman–Crippen MR) is 165 cm³/mol. The number of thiocarbonyl (C=S) groups is 1. The molecule has 1 aliphatic carbocycles. The van der Waals surface area contributed by atoms with E-state index in [1.54, 1.807) is 12.1 Å². The Hall–Kier alpha value is -3.26. The molecule has 6 nitrogen and oxygen atoms in total. The summed E-state index contributed by atoms with van der Waals surface area (Å²) in [6, 6.07) is 17.8. The summed E-state index contributed by atoms with van der Waals surface area (Å²) < 4.78 is 13.6. The van der Waals surface area contributed by atoms with Crippen LogP contribution in [0.2, 0.25) is 0 Å². The van der Waals surface area contributed by atoms with Gasteiger partial charge in [-0.3, -0.25) is 0 Å². The van der Waals surface area contributed by atoms with Gasteiger partial charge in [0.25, 0.3) is 0 Å². The zero-order valence-electron chi connectivity index (χ0n) is 23.3. The van der Waals surface area contributed by atoms with Crippen LogP contribution in [-0.2, 0) is 18.4 Å². The van der Waals surface area contributed by atoms with Crippen molar-refractivity contribution in [3.8, 4) is 0 Å². The van der Waals surface area contributed by atoms with Crippen molar-refractivity contribution in [1.29, 1.82) is 0 Å². The Balaban J connectivity index is 1.21. The quantitative estimate of drug-likeness (QED) is 0.349. The molecule has 210 valence electrons. The minimum Gasteiger partial charge on any atom is -0.361 e. The molecule has 2 aliphatic heterocycles. The molecule has 1 atom stereocenters. The summed E-state index contributed by atoms with van der Waals surface area (Å²) >= 11 is 5.77. The fourth-order valence-corrected chi connectivity index (χ4v) is 6.87. The van der Waals surface area contributed by atoms with Crippen LogP contribution in [0.25, 0.3) is 0 Å². The SMILES string of the molecule is C[C@@H]1CCCN(c2cc(N3CCc4ccccc4C3)nc(NC(=S)NCC3(c4ccc(F)cc4)CCCC3)n2)C1. The molecule has 0 unspecified atom stereocenters. The molecule has 0 spiro atoms. The lowest BCUT2D eigenvalue weighted by Gasteiger charge is -2.34. The molecule has 6 rings (SSSR count). The van der Waals surface area contributed by atoms with Crippen molar-refractivity contribution >= 4 is 34.9 Å². The van der Waals surface area contributed by atoms with Crippen LogP contribution < -0.4 is 20.4 Å². The van der Waals surface area contributed by atoms with Crippen molar-refractivity contribution in [2.45, 2.75) is 63.8 Å². The van der Waals surface area contributed by atoms with E-state index < -0.39 is 0 Å². The van der Waals surface area contributed by atoms with Gasteiger partial charge in [-0.25, -0.2) is 4.39 Å². The lowest BCUT2D eigenvalue weighted by Crippen LogP contribution is -2.41. The topological polar surface area (TPSA) is 56.3 Å². The van der Waals surface area contributed by atoms with Gasteiger partial charge in [0.05, 0.1) is 0 Å². The Bertz CT molecular complexity index is 1340. The van der Waals surface area contributed by atoms with E-state index >= 15 is 0 Å². The minimum absolute atomic E-state index is 0.0432. The first-order valence-corrected chi connectivity index (χ1v) is 15.1. The minimum atomic E-state index is -0.199. The van der Waals surface area contributed by atoms with Crippen molar-refractivity contribution in [1.82, 2.24) is 15.3 Å². The van der Waals surface area contributed by atoms with Gasteiger partial charge in [-0.05, 0) is 79.1 Å². The smallest absolute Gasteiger partial charge is 0.232 e. The summed E-state index contributed by atoms with van der Waals surface area (Å²) in [5.41, 5.74) is 3.91. The average Bonchev–Trinajstić information content (AvgIpc) is 3.46. The molecule has 40 heavy (non-hydrogen) atoms. The zero-order chi connectivity index (χ0) is 27.5. The summed E-state index contributed by atoms with van der Waals surface area (Å²) in [5.74, 6) is 2.86. The van der Waals surface area contributed by atoms with Crippen LogP contribution in [0, 0.1) is 11.7 Å². The summed E-state index contributed by atoms with van der Waals surface area (Å²) in [7, 11) is 0. The summed E-state index contributed by atoms with van der Waals surface area (Å²) in [4.78, 5) is 14.6. The first-order chi connectivity index (χ1) is 19.5. The number of benzene rings is 2. The third kappa shape index (κ3) is 5.92. The van der Waals surface area contributed by atoms with Crippen LogP contribution in [-0.4, -0.2) is 41.3 Å². The van der Waals surface area contributed by atoms with Crippen LogP contribution in [0.1, 0.15) is 62.1 Å². The number of nitrogens with one attached hydrogen (secondary N) is 2. The Morgan fingerprint density at radius 3 is 2.45 bits per heavy atom. The number of halogens is 1. The number of anilines is 3. The lowest BCUT2D eigenvalue weighted by molar-refractivity contribution is 0.434. The van der Waals surface area contributed by atoms with Crippen molar-refractivity contribution in [2.75, 3.05) is 41.3 Å². The van der Waals surface area contributed by atoms with E-state index in [1.165, 1.54) is 42.4 Å². The van der Waals surface area contributed by atoms with Gasteiger partial charge in [-0.15, -0.1) is 0 Å². The molecule has 3 aromatic rings. The number of hydrogen-bond donors (Lipinski definition) is 2. The molecule has 8 heteroatoms. The van der Waals surface area contributed by atoms with Gasteiger partial charge < -0.3 is 20.4 Å². The van der Waals surface area contributed by atoms with E-state index in [9.17, 15) is 4.39 Å². The van der Waals surface area contributed by atoms with Crippen LogP contribution in [0.15, 0.2) is 54.6 Å². The van der Waals surface area contributed by atoms with E-state index in [0.717, 1.165) is 57.1 Å². The van der Waals surface area contributed by atoms with Gasteiger partial charge in [0, 0.05) is 44.2 Å². The highest BCUT2D eigenvalue weighted by atomic mass is 32.1. The molecule has 2 fully saturated rings. The van der Waals surface area contributed by atoms with Gasteiger partial charge in [0.15, 0.2) is 5.11 Å². The lowest BCUT2D eigenvalue weighted by atomic mass is 9.79. The molecular weight excluding hydrogens is 519 g/mol. The van der Waals surface area contributed by atoms with E-state index in [1.807, 2.05) is 12.1 Å². The Morgan fingerprint density at radius 1 is 0.975 bits per heavy atom. The number of nitrogens with zero attached hydrogens (tertiary/aromatic N) is 4. The number of hydrogen-bond acceptors (Lipinski definition) is 5. The Kier molecular flexibility index (Phi) is 7.87. The average molecular weight is 559 g/mol.